The zero-order valence-electron chi connectivity index (χ0n) is 17.3. The molecular weight excluding hydrogens is 378 g/mol. The molecule has 8 heteroatoms. The van der Waals surface area contributed by atoms with Crippen molar-refractivity contribution in [3.63, 3.8) is 0 Å². The first-order valence-corrected chi connectivity index (χ1v) is 10.7. The molecule has 2 aromatic heterocycles. The Hall–Kier alpha value is -3.00. The van der Waals surface area contributed by atoms with E-state index in [2.05, 4.69) is 20.1 Å². The highest BCUT2D eigenvalue weighted by Gasteiger charge is 2.23. The summed E-state index contributed by atoms with van der Waals surface area (Å²) in [5.74, 6) is 2.68. The smallest absolute Gasteiger partial charge is 0.227 e. The summed E-state index contributed by atoms with van der Waals surface area (Å²) in [4.78, 5) is 23.3. The van der Waals surface area contributed by atoms with Crippen LogP contribution in [0.5, 0.6) is 0 Å². The zero-order valence-corrected chi connectivity index (χ0v) is 17.3. The van der Waals surface area contributed by atoms with E-state index in [0.717, 1.165) is 86.5 Å². The van der Waals surface area contributed by atoms with Crippen LogP contribution in [0.25, 0.3) is 11.0 Å². The Kier molecular flexibility index (Phi) is 5.31. The van der Waals surface area contributed by atoms with Gasteiger partial charge in [-0.25, -0.2) is 15.0 Å². The number of aryl methyl sites for hydroxylation is 1. The number of fused-ring (bicyclic) bond motifs is 1. The second-order valence-corrected chi connectivity index (χ2v) is 7.87. The van der Waals surface area contributed by atoms with Gasteiger partial charge in [0.05, 0.1) is 29.9 Å². The molecule has 2 aliphatic heterocycles. The summed E-state index contributed by atoms with van der Waals surface area (Å²) >= 11 is 0. The predicted molar refractivity (Wildman–Crippen MR) is 118 cm³/mol. The summed E-state index contributed by atoms with van der Waals surface area (Å²) < 4.78 is 5.42. The van der Waals surface area contributed by atoms with Gasteiger partial charge < -0.3 is 19.9 Å². The van der Waals surface area contributed by atoms with E-state index < -0.39 is 0 Å². The van der Waals surface area contributed by atoms with E-state index in [1.54, 1.807) is 0 Å². The van der Waals surface area contributed by atoms with Crippen LogP contribution in [0.1, 0.15) is 18.5 Å². The number of aromatic nitrogens is 4. The Morgan fingerprint density at radius 2 is 1.63 bits per heavy atom. The van der Waals surface area contributed by atoms with Crippen LogP contribution >= 0.6 is 0 Å². The number of morpholine rings is 1. The average Bonchev–Trinajstić information content (AvgIpc) is 2.80. The molecule has 0 unspecified atom stereocenters. The highest BCUT2D eigenvalue weighted by Crippen LogP contribution is 2.24. The van der Waals surface area contributed by atoms with Gasteiger partial charge in [-0.05, 0) is 38.0 Å². The molecule has 0 atom stereocenters. The normalized spacial score (nSPS) is 18.0. The van der Waals surface area contributed by atoms with Crippen LogP contribution in [0.2, 0.25) is 0 Å². The van der Waals surface area contributed by atoms with E-state index in [-0.39, 0.29) is 0 Å². The fourth-order valence-corrected chi connectivity index (χ4v) is 4.17. The summed E-state index contributed by atoms with van der Waals surface area (Å²) in [5.41, 5.74) is 2.90. The number of ether oxygens (including phenoxy) is 1. The van der Waals surface area contributed by atoms with Gasteiger partial charge in [0.25, 0.3) is 0 Å². The minimum Gasteiger partial charge on any atom is -0.378 e. The molecule has 0 saturated carbocycles. The van der Waals surface area contributed by atoms with E-state index in [9.17, 15) is 0 Å². The Morgan fingerprint density at radius 1 is 0.900 bits per heavy atom. The molecule has 0 radical (unpaired) electrons. The minimum atomic E-state index is 0.391. The Bertz CT molecular complexity index is 1010. The maximum absolute atomic E-state index is 5.42. The van der Waals surface area contributed by atoms with Crippen LogP contribution in [0, 0.1) is 6.92 Å². The second-order valence-electron chi connectivity index (χ2n) is 7.87. The number of nitrogens with one attached hydrogen (secondary N) is 1. The van der Waals surface area contributed by atoms with Crippen molar-refractivity contribution in [2.75, 3.05) is 54.5 Å². The minimum absolute atomic E-state index is 0.391. The van der Waals surface area contributed by atoms with Gasteiger partial charge in [-0.3, -0.25) is 0 Å². The van der Waals surface area contributed by atoms with Gasteiger partial charge in [-0.15, -0.1) is 0 Å². The van der Waals surface area contributed by atoms with Crippen LogP contribution in [0.15, 0.2) is 36.5 Å². The molecule has 30 heavy (non-hydrogen) atoms. The van der Waals surface area contributed by atoms with Gasteiger partial charge in [0, 0.05) is 38.4 Å². The number of para-hydroxylation sites is 2. The van der Waals surface area contributed by atoms with Crippen molar-refractivity contribution in [3.8, 4) is 0 Å². The number of hydrogen-bond acceptors (Lipinski definition) is 8. The molecule has 1 N–H and O–H groups in total. The molecule has 0 aliphatic carbocycles. The van der Waals surface area contributed by atoms with E-state index in [1.165, 1.54) is 0 Å². The van der Waals surface area contributed by atoms with Crippen molar-refractivity contribution in [2.24, 2.45) is 0 Å². The van der Waals surface area contributed by atoms with Crippen molar-refractivity contribution in [2.45, 2.75) is 25.8 Å². The third-order valence-corrected chi connectivity index (χ3v) is 5.80. The van der Waals surface area contributed by atoms with Gasteiger partial charge in [-0.1, -0.05) is 12.1 Å². The van der Waals surface area contributed by atoms with E-state index >= 15 is 0 Å². The fraction of sp³-hybridized carbons (Fsp3) is 0.455. The predicted octanol–water partition coefficient (Wildman–Crippen LogP) is 2.65. The third kappa shape index (κ3) is 4.00. The maximum atomic E-state index is 5.42. The molecule has 3 aromatic rings. The number of piperidine rings is 1. The van der Waals surface area contributed by atoms with Gasteiger partial charge >= 0.3 is 0 Å². The Morgan fingerprint density at radius 3 is 2.40 bits per heavy atom. The van der Waals surface area contributed by atoms with Gasteiger partial charge in [0.15, 0.2) is 5.82 Å². The van der Waals surface area contributed by atoms with Crippen LogP contribution in [-0.2, 0) is 4.74 Å². The highest BCUT2D eigenvalue weighted by molar-refractivity contribution is 5.76. The summed E-state index contributed by atoms with van der Waals surface area (Å²) in [7, 11) is 0. The zero-order chi connectivity index (χ0) is 20.3. The van der Waals surface area contributed by atoms with Crippen molar-refractivity contribution in [3.05, 3.63) is 42.2 Å². The van der Waals surface area contributed by atoms with Crippen molar-refractivity contribution >= 4 is 28.6 Å². The lowest BCUT2D eigenvalue weighted by atomic mass is 10.0. The maximum Gasteiger partial charge on any atom is 0.227 e. The summed E-state index contributed by atoms with van der Waals surface area (Å²) in [5, 5.41) is 3.60. The molecule has 5 rings (SSSR count). The molecule has 1 aromatic carbocycles. The molecule has 0 spiro atoms. The number of anilines is 3. The summed E-state index contributed by atoms with van der Waals surface area (Å²) in [6.45, 7) is 7.10. The largest absolute Gasteiger partial charge is 0.378 e. The molecule has 0 bridgehead atoms. The molecule has 2 aliphatic rings. The van der Waals surface area contributed by atoms with Crippen LogP contribution in [0.3, 0.4) is 0 Å². The third-order valence-electron chi connectivity index (χ3n) is 5.80. The first-order valence-electron chi connectivity index (χ1n) is 10.7. The first-order chi connectivity index (χ1) is 14.8. The van der Waals surface area contributed by atoms with E-state index in [4.69, 9.17) is 19.7 Å². The number of nitrogens with zero attached hydrogens (tertiary/aromatic N) is 6. The number of hydrogen-bond donors (Lipinski definition) is 1. The monoisotopic (exact) mass is 405 g/mol. The molecule has 0 amide bonds. The van der Waals surface area contributed by atoms with Gasteiger partial charge in [0.2, 0.25) is 5.95 Å². The second kappa shape index (κ2) is 8.39. The molecule has 4 heterocycles. The average molecular weight is 406 g/mol. The van der Waals surface area contributed by atoms with Crippen LogP contribution in [0.4, 0.5) is 17.6 Å². The van der Waals surface area contributed by atoms with E-state index in [0.29, 0.717) is 6.04 Å². The standard InChI is InChI=1S/C22H27N7O/c1-16-21(26-19-5-3-2-4-18(19)24-16)28-10-7-17(8-11-28)25-20-6-9-23-22(27-20)29-12-14-30-15-13-29/h2-6,9,17H,7-8,10-15H2,1H3,(H,23,25,27). The number of benzene rings is 1. The number of rotatable bonds is 4. The molecular formula is C22H27N7O. The lowest BCUT2D eigenvalue weighted by molar-refractivity contribution is 0.122. The summed E-state index contributed by atoms with van der Waals surface area (Å²) in [6, 6.07) is 10.4. The molecule has 8 nitrogen and oxygen atoms in total. The van der Waals surface area contributed by atoms with Crippen LogP contribution in [-0.4, -0.2) is 65.4 Å². The molecule has 2 saturated heterocycles. The Labute approximate surface area is 176 Å². The quantitative estimate of drug-likeness (QED) is 0.710. The summed E-state index contributed by atoms with van der Waals surface area (Å²) in [6.07, 6.45) is 3.90. The van der Waals surface area contributed by atoms with Crippen LogP contribution < -0.4 is 15.1 Å². The van der Waals surface area contributed by atoms with E-state index in [1.807, 2.05) is 43.5 Å². The lowest BCUT2D eigenvalue weighted by Crippen LogP contribution is -2.40. The van der Waals surface area contributed by atoms with Gasteiger partial charge in [0.1, 0.15) is 5.82 Å². The SMILES string of the molecule is Cc1nc2ccccc2nc1N1CCC(Nc2ccnc(N3CCOCC3)n2)CC1. The topological polar surface area (TPSA) is 79.3 Å². The highest BCUT2D eigenvalue weighted by atomic mass is 16.5. The first kappa shape index (κ1) is 19.0. The van der Waals surface area contributed by atoms with Crippen molar-refractivity contribution in [1.82, 2.24) is 19.9 Å². The Balaban J connectivity index is 1.23. The fourth-order valence-electron chi connectivity index (χ4n) is 4.17. The van der Waals surface area contributed by atoms with Gasteiger partial charge in [-0.2, -0.15) is 4.98 Å². The lowest BCUT2D eigenvalue weighted by Gasteiger charge is -2.34. The van der Waals surface area contributed by atoms with Crippen molar-refractivity contribution < 1.29 is 4.74 Å². The molecule has 156 valence electrons. The van der Waals surface area contributed by atoms with Crippen molar-refractivity contribution in [1.29, 1.82) is 0 Å². The molecule has 2 fully saturated rings.